The zero-order valence-electron chi connectivity index (χ0n) is 13.8. The van der Waals surface area contributed by atoms with Crippen molar-refractivity contribution in [3.05, 3.63) is 12.2 Å². The van der Waals surface area contributed by atoms with Crippen LogP contribution in [0.3, 0.4) is 0 Å². The van der Waals surface area contributed by atoms with Crippen molar-refractivity contribution in [1.82, 2.24) is 0 Å². The number of carbonyl (C=O) groups is 1. The van der Waals surface area contributed by atoms with Crippen LogP contribution in [-0.4, -0.2) is 11.0 Å². The van der Waals surface area contributed by atoms with E-state index < -0.39 is 0 Å². The molecule has 0 N–H and O–H groups in total. The number of Topliss-reactive ketones (excluding diaryl/α,β-unsaturated/α-hetero) is 1. The normalized spacial score (nSPS) is 53.2. The third-order valence-electron chi connectivity index (χ3n) is 8.00. The van der Waals surface area contributed by atoms with Crippen LogP contribution >= 0.6 is 26.1 Å². The van der Waals surface area contributed by atoms with Gasteiger partial charge in [-0.3, -0.25) is 4.79 Å². The summed E-state index contributed by atoms with van der Waals surface area (Å²) in [5, 5.41) is 0.000214. The Morgan fingerprint density at radius 3 is 2.64 bits per heavy atom. The molecule has 0 saturated heterocycles. The molecule has 7 atom stereocenters. The Morgan fingerprint density at radius 2 is 1.86 bits per heavy atom. The number of hydrogen-bond acceptors (Lipinski definition) is 2. The molecule has 0 aromatic rings. The van der Waals surface area contributed by atoms with Crippen molar-refractivity contribution in [2.45, 2.75) is 64.0 Å². The molecule has 22 heavy (non-hydrogen) atoms. The number of carbonyl (C=O) groups excluding carboxylic acids is 1. The average Bonchev–Trinajstić information content (AvgIpc) is 2.70. The van der Waals surface area contributed by atoms with Gasteiger partial charge in [-0.15, -0.1) is 13.5 Å². The largest absolute Gasteiger partial charge is 0.298 e. The summed E-state index contributed by atoms with van der Waals surface area (Å²) in [6, 6.07) is 0. The van der Waals surface area contributed by atoms with E-state index in [1.165, 1.54) is 38.5 Å². The molecule has 4 aliphatic carbocycles. The highest BCUT2D eigenvalue weighted by molar-refractivity contribution is 7.81. The van der Waals surface area contributed by atoms with E-state index in [0.717, 1.165) is 24.2 Å². The molecule has 4 aliphatic rings. The number of ketones is 1. The van der Waals surface area contributed by atoms with Gasteiger partial charge in [0, 0.05) is 6.42 Å². The first kappa shape index (κ1) is 17.0. The minimum atomic E-state index is 0. The maximum atomic E-state index is 12.3. The highest BCUT2D eigenvalue weighted by Crippen LogP contribution is 2.65. The molecule has 0 aromatic heterocycles. The Balaban J connectivity index is 0.00000144. The number of allylic oxidation sites excluding steroid dienone is 2. The van der Waals surface area contributed by atoms with Gasteiger partial charge in [0.05, 0.1) is 5.25 Å². The predicted octanol–water partition coefficient (Wildman–Crippen LogP) is 5.05. The molecule has 3 fully saturated rings. The molecular weight excluding hydrogens is 308 g/mol. The van der Waals surface area contributed by atoms with Crippen LogP contribution in [0, 0.1) is 34.5 Å². The van der Waals surface area contributed by atoms with Gasteiger partial charge >= 0.3 is 0 Å². The first-order valence-electron chi connectivity index (χ1n) is 8.82. The summed E-state index contributed by atoms with van der Waals surface area (Å²) in [6.45, 7) is 4.90. The number of fused-ring (bicyclic) bond motifs is 5. The van der Waals surface area contributed by atoms with E-state index >= 15 is 0 Å². The highest BCUT2D eigenvalue weighted by Gasteiger charge is 2.60. The molecular formula is C19H29OS2. The third-order valence-corrected chi connectivity index (χ3v) is 8.88. The van der Waals surface area contributed by atoms with Crippen LogP contribution in [0.25, 0.3) is 0 Å². The fraction of sp³-hybridized carbons (Fsp3) is 0.842. The quantitative estimate of drug-likeness (QED) is 0.467. The van der Waals surface area contributed by atoms with Crippen molar-refractivity contribution < 1.29 is 4.79 Å². The van der Waals surface area contributed by atoms with Crippen molar-refractivity contribution >= 4 is 31.9 Å². The summed E-state index contributed by atoms with van der Waals surface area (Å²) >= 11 is 4.70. The zero-order valence-corrected chi connectivity index (χ0v) is 15.6. The van der Waals surface area contributed by atoms with Gasteiger partial charge < -0.3 is 0 Å². The minimum Gasteiger partial charge on any atom is -0.298 e. The van der Waals surface area contributed by atoms with E-state index in [9.17, 15) is 4.79 Å². The molecule has 0 aliphatic heterocycles. The second-order valence-electron chi connectivity index (χ2n) is 8.69. The molecule has 1 nitrogen and oxygen atoms in total. The number of hydrogen-bond donors (Lipinski definition) is 2. The van der Waals surface area contributed by atoms with Gasteiger partial charge in [0.15, 0.2) is 0 Å². The number of rotatable bonds is 0. The lowest BCUT2D eigenvalue weighted by Gasteiger charge is -2.59. The average molecular weight is 338 g/mol. The Hall–Kier alpha value is 0.110. The standard InChI is InChI=1S/C19H28OS.HS/c1-18-9-4-3-5-12(18)6-7-13-14(18)8-10-19(2)15(13)11-16(20)17(19)21;/h3-4,12-15,17,21H,5-11H2,1-2H3;1H/t12?,13-,14+,15+,17?,18+,19+;/m1./s1. The summed E-state index contributed by atoms with van der Waals surface area (Å²) in [6.07, 6.45) is 13.5. The zero-order chi connectivity index (χ0) is 14.8. The van der Waals surface area contributed by atoms with Crippen LogP contribution in [0.15, 0.2) is 12.2 Å². The van der Waals surface area contributed by atoms with Gasteiger partial charge in [-0.25, -0.2) is 0 Å². The second kappa shape index (κ2) is 5.58. The molecule has 0 heterocycles. The lowest BCUT2D eigenvalue weighted by molar-refractivity contribution is -0.117. The first-order chi connectivity index (χ1) is 9.97. The van der Waals surface area contributed by atoms with Gasteiger partial charge in [-0.2, -0.15) is 12.6 Å². The van der Waals surface area contributed by atoms with Crippen molar-refractivity contribution in [1.29, 1.82) is 0 Å². The van der Waals surface area contributed by atoms with Crippen LogP contribution in [0.4, 0.5) is 0 Å². The van der Waals surface area contributed by atoms with E-state index in [1.807, 2.05) is 0 Å². The predicted molar refractivity (Wildman–Crippen MR) is 98.4 cm³/mol. The van der Waals surface area contributed by atoms with Gasteiger partial charge in [-0.05, 0) is 73.0 Å². The van der Waals surface area contributed by atoms with Gasteiger partial charge in [0.1, 0.15) is 5.78 Å². The third kappa shape index (κ3) is 2.10. The maximum Gasteiger partial charge on any atom is 0.146 e. The van der Waals surface area contributed by atoms with E-state index in [4.69, 9.17) is 12.6 Å². The summed E-state index contributed by atoms with van der Waals surface area (Å²) in [4.78, 5) is 12.3. The van der Waals surface area contributed by atoms with E-state index in [0.29, 0.717) is 17.1 Å². The molecule has 1 radical (unpaired) electrons. The molecule has 3 heteroatoms. The lowest BCUT2D eigenvalue weighted by atomic mass is 9.46. The summed E-state index contributed by atoms with van der Waals surface area (Å²) in [5.41, 5.74) is 0.672. The molecule has 123 valence electrons. The Labute approximate surface area is 147 Å². The van der Waals surface area contributed by atoms with E-state index in [-0.39, 0.29) is 24.2 Å². The smallest absolute Gasteiger partial charge is 0.146 e. The highest BCUT2D eigenvalue weighted by atomic mass is 32.1. The molecule has 0 spiro atoms. The minimum absolute atomic E-state index is 0. The van der Waals surface area contributed by atoms with Crippen LogP contribution in [0.5, 0.6) is 0 Å². The Morgan fingerprint density at radius 1 is 1.09 bits per heavy atom. The first-order valence-corrected chi connectivity index (χ1v) is 9.34. The SMILES string of the molecule is C[C@]12CC=CCC1CC[C@@H]1[C@@H]2CC[C@]2(C)C(S)C(=O)C[C@@H]12.[SH]. The Kier molecular flexibility index (Phi) is 4.30. The molecule has 0 aromatic carbocycles. The van der Waals surface area contributed by atoms with Crippen molar-refractivity contribution in [3.8, 4) is 0 Å². The molecule has 0 amide bonds. The monoisotopic (exact) mass is 337 g/mol. The summed E-state index contributed by atoms with van der Waals surface area (Å²) in [7, 11) is 0. The second-order valence-corrected chi connectivity index (χ2v) is 9.20. The molecule has 0 bridgehead atoms. The van der Waals surface area contributed by atoms with E-state index in [2.05, 4.69) is 26.0 Å². The number of thiol groups is 2. The molecule has 4 rings (SSSR count). The summed E-state index contributed by atoms with van der Waals surface area (Å²) < 4.78 is 0. The maximum absolute atomic E-state index is 12.3. The topological polar surface area (TPSA) is 17.1 Å². The van der Waals surface area contributed by atoms with Gasteiger partial charge in [-0.1, -0.05) is 26.0 Å². The van der Waals surface area contributed by atoms with Gasteiger partial charge in [0.2, 0.25) is 0 Å². The van der Waals surface area contributed by atoms with Crippen LogP contribution < -0.4 is 0 Å². The summed E-state index contributed by atoms with van der Waals surface area (Å²) in [5.74, 6) is 3.53. The Bertz CT molecular complexity index is 502. The fourth-order valence-electron chi connectivity index (χ4n) is 6.61. The van der Waals surface area contributed by atoms with Crippen LogP contribution in [0.2, 0.25) is 0 Å². The molecule has 3 saturated carbocycles. The van der Waals surface area contributed by atoms with Crippen LogP contribution in [-0.2, 0) is 4.79 Å². The van der Waals surface area contributed by atoms with Crippen molar-refractivity contribution in [3.63, 3.8) is 0 Å². The van der Waals surface area contributed by atoms with E-state index in [1.54, 1.807) is 0 Å². The van der Waals surface area contributed by atoms with Crippen molar-refractivity contribution in [2.24, 2.45) is 34.5 Å². The fourth-order valence-corrected chi connectivity index (χ4v) is 7.03. The van der Waals surface area contributed by atoms with Gasteiger partial charge in [0.25, 0.3) is 0 Å². The molecule has 2 unspecified atom stereocenters. The lowest BCUT2D eigenvalue weighted by Crippen LogP contribution is -2.52. The van der Waals surface area contributed by atoms with Crippen molar-refractivity contribution in [2.75, 3.05) is 0 Å². The van der Waals surface area contributed by atoms with Crippen LogP contribution in [0.1, 0.15) is 58.8 Å².